The van der Waals surface area contributed by atoms with Crippen molar-refractivity contribution < 1.29 is 23.8 Å². The first-order valence-electron chi connectivity index (χ1n) is 9.00. The highest BCUT2D eigenvalue weighted by Gasteiger charge is 2.21. The number of benzene rings is 2. The lowest BCUT2D eigenvalue weighted by molar-refractivity contribution is -0.123. The molecule has 0 unspecified atom stereocenters. The molecule has 1 aliphatic rings. The van der Waals surface area contributed by atoms with Gasteiger partial charge in [-0.15, -0.1) is 0 Å². The lowest BCUT2D eigenvalue weighted by atomic mass is 10.2. The van der Waals surface area contributed by atoms with Crippen LogP contribution in [0.5, 0.6) is 17.2 Å². The van der Waals surface area contributed by atoms with E-state index in [0.29, 0.717) is 26.5 Å². The zero-order chi connectivity index (χ0) is 22.2. The normalized spacial score (nSPS) is 14.6. The van der Waals surface area contributed by atoms with Gasteiger partial charge in [0, 0.05) is 0 Å². The van der Waals surface area contributed by atoms with E-state index in [9.17, 15) is 9.59 Å². The number of hydrogen-bond donors (Lipinski definition) is 2. The number of thiocarbonyl (C=S) groups is 1. The fourth-order valence-corrected chi connectivity index (χ4v) is 3.57. The maximum atomic E-state index is 11.9. The summed E-state index contributed by atoms with van der Waals surface area (Å²) in [5.41, 5.74) is 3.95. The largest absolute Gasteiger partial charge is 0.493 e. The molecule has 0 atom stereocenters. The van der Waals surface area contributed by atoms with E-state index in [2.05, 4.69) is 15.8 Å². The standard InChI is InChI=1S/C21H19N3O5S2/c1-27-16-8-5-14(9-17(16)28-2)11-22-24-19(25)12-29-15-6-3-13(4-7-15)10-18-20(26)23-21(30)31-18/h3-11H,12H2,1-2H3,(H,24,25)(H,23,26,30)/b18-10-,22-11+. The van der Waals surface area contributed by atoms with Crippen molar-refractivity contribution in [2.75, 3.05) is 20.8 Å². The van der Waals surface area contributed by atoms with Gasteiger partial charge in [0.15, 0.2) is 18.1 Å². The molecule has 0 bridgehead atoms. The van der Waals surface area contributed by atoms with Crippen molar-refractivity contribution in [2.24, 2.45) is 5.10 Å². The third-order valence-corrected chi connectivity index (χ3v) is 5.16. The minimum Gasteiger partial charge on any atom is -0.493 e. The second kappa shape index (κ2) is 10.6. The summed E-state index contributed by atoms with van der Waals surface area (Å²) < 4.78 is 16.3. The van der Waals surface area contributed by atoms with Gasteiger partial charge in [0.2, 0.25) is 0 Å². The molecule has 2 aromatic rings. The van der Waals surface area contributed by atoms with E-state index in [1.165, 1.54) is 18.0 Å². The molecule has 1 saturated heterocycles. The summed E-state index contributed by atoms with van der Waals surface area (Å²) in [5, 5.41) is 6.47. The molecule has 31 heavy (non-hydrogen) atoms. The number of carbonyl (C=O) groups is 2. The van der Waals surface area contributed by atoms with Crippen LogP contribution in [0.1, 0.15) is 11.1 Å². The van der Waals surface area contributed by atoms with Gasteiger partial charge in [-0.05, 0) is 47.5 Å². The van der Waals surface area contributed by atoms with Crippen molar-refractivity contribution in [3.63, 3.8) is 0 Å². The smallest absolute Gasteiger partial charge is 0.277 e. The summed E-state index contributed by atoms with van der Waals surface area (Å²) in [5.74, 6) is 1.07. The van der Waals surface area contributed by atoms with E-state index in [4.69, 9.17) is 26.4 Å². The SMILES string of the molecule is COc1ccc(/C=N/NC(=O)COc2ccc(/C=C3\SC(=S)NC3=O)cc2)cc1OC. The number of nitrogens with zero attached hydrogens (tertiary/aromatic N) is 1. The Balaban J connectivity index is 1.48. The molecule has 2 amide bonds. The number of carbonyl (C=O) groups excluding carboxylic acids is 2. The zero-order valence-corrected chi connectivity index (χ0v) is 18.3. The van der Waals surface area contributed by atoms with Gasteiger partial charge in [-0.1, -0.05) is 36.1 Å². The first kappa shape index (κ1) is 22.3. The third-order valence-electron chi connectivity index (χ3n) is 4.00. The maximum absolute atomic E-state index is 11.9. The molecule has 1 heterocycles. The van der Waals surface area contributed by atoms with Crippen LogP contribution in [0.3, 0.4) is 0 Å². The van der Waals surface area contributed by atoms with Crippen LogP contribution in [-0.2, 0) is 9.59 Å². The monoisotopic (exact) mass is 457 g/mol. The fourth-order valence-electron chi connectivity index (χ4n) is 2.53. The summed E-state index contributed by atoms with van der Waals surface area (Å²) in [6.07, 6.45) is 3.23. The average molecular weight is 458 g/mol. The Hall–Kier alpha value is -3.37. The number of hydrogen-bond acceptors (Lipinski definition) is 8. The minimum absolute atomic E-state index is 0.198. The number of rotatable bonds is 8. The Morgan fingerprint density at radius 3 is 2.48 bits per heavy atom. The second-order valence-corrected chi connectivity index (χ2v) is 7.84. The van der Waals surface area contributed by atoms with Crippen molar-refractivity contribution in [1.82, 2.24) is 10.7 Å². The topological polar surface area (TPSA) is 98.3 Å². The molecule has 0 aliphatic carbocycles. The number of thioether (sulfide) groups is 1. The molecule has 0 saturated carbocycles. The summed E-state index contributed by atoms with van der Waals surface area (Å²) in [4.78, 5) is 24.2. The molecule has 0 spiro atoms. The Morgan fingerprint density at radius 1 is 1.13 bits per heavy atom. The quantitative estimate of drug-likeness (QED) is 0.272. The molecule has 1 aliphatic heterocycles. The zero-order valence-electron chi connectivity index (χ0n) is 16.7. The number of nitrogens with one attached hydrogen (secondary N) is 2. The van der Waals surface area contributed by atoms with Crippen LogP contribution in [0.25, 0.3) is 6.08 Å². The van der Waals surface area contributed by atoms with E-state index in [1.54, 1.807) is 62.8 Å². The fraction of sp³-hybridized carbons (Fsp3) is 0.143. The maximum Gasteiger partial charge on any atom is 0.277 e. The second-order valence-electron chi connectivity index (χ2n) is 6.12. The first-order valence-corrected chi connectivity index (χ1v) is 10.2. The number of methoxy groups -OCH3 is 2. The number of amides is 2. The van der Waals surface area contributed by atoms with Crippen LogP contribution in [-0.4, -0.2) is 43.2 Å². The Bertz CT molecular complexity index is 1050. The highest BCUT2D eigenvalue weighted by molar-refractivity contribution is 8.26. The van der Waals surface area contributed by atoms with Crippen LogP contribution in [0, 0.1) is 0 Å². The number of hydrazone groups is 1. The Labute approximate surface area is 188 Å². The Morgan fingerprint density at radius 2 is 1.84 bits per heavy atom. The summed E-state index contributed by atoms with van der Waals surface area (Å²) in [6.45, 7) is -0.198. The van der Waals surface area contributed by atoms with E-state index < -0.39 is 5.91 Å². The van der Waals surface area contributed by atoms with E-state index in [1.807, 2.05) is 0 Å². The third kappa shape index (κ3) is 6.30. The molecule has 0 aromatic heterocycles. The van der Waals surface area contributed by atoms with E-state index in [-0.39, 0.29) is 12.5 Å². The summed E-state index contributed by atoms with van der Waals surface area (Å²) in [6, 6.07) is 12.3. The number of ether oxygens (including phenoxy) is 3. The lowest BCUT2D eigenvalue weighted by Crippen LogP contribution is -2.24. The van der Waals surface area contributed by atoms with E-state index in [0.717, 1.165) is 11.1 Å². The molecule has 160 valence electrons. The summed E-state index contributed by atoms with van der Waals surface area (Å²) >= 11 is 6.18. The Kier molecular flexibility index (Phi) is 7.63. The van der Waals surface area contributed by atoms with Gasteiger partial charge in [0.1, 0.15) is 10.1 Å². The van der Waals surface area contributed by atoms with Crippen molar-refractivity contribution in [1.29, 1.82) is 0 Å². The van der Waals surface area contributed by atoms with Gasteiger partial charge in [-0.25, -0.2) is 5.43 Å². The van der Waals surface area contributed by atoms with Gasteiger partial charge in [0.25, 0.3) is 11.8 Å². The molecule has 2 aromatic carbocycles. The lowest BCUT2D eigenvalue weighted by Gasteiger charge is -2.07. The first-order chi connectivity index (χ1) is 15.0. The van der Waals surface area contributed by atoms with Crippen LogP contribution in [0.15, 0.2) is 52.5 Å². The van der Waals surface area contributed by atoms with Crippen molar-refractivity contribution in [3.8, 4) is 17.2 Å². The van der Waals surface area contributed by atoms with Gasteiger partial charge >= 0.3 is 0 Å². The van der Waals surface area contributed by atoms with Crippen molar-refractivity contribution >= 4 is 52.4 Å². The average Bonchev–Trinajstić information content (AvgIpc) is 3.09. The van der Waals surface area contributed by atoms with Gasteiger partial charge < -0.3 is 19.5 Å². The molecule has 10 heteroatoms. The molecular weight excluding hydrogens is 438 g/mol. The van der Waals surface area contributed by atoms with Crippen molar-refractivity contribution in [2.45, 2.75) is 0 Å². The van der Waals surface area contributed by atoms with E-state index >= 15 is 0 Å². The molecule has 1 fully saturated rings. The highest BCUT2D eigenvalue weighted by Crippen LogP contribution is 2.27. The molecule has 0 radical (unpaired) electrons. The molecular formula is C21H19N3O5S2. The predicted molar refractivity (Wildman–Crippen MR) is 124 cm³/mol. The summed E-state index contributed by atoms with van der Waals surface area (Å²) in [7, 11) is 3.10. The van der Waals surface area contributed by atoms with Gasteiger partial charge in [0.05, 0.1) is 25.3 Å². The van der Waals surface area contributed by atoms with Gasteiger partial charge in [-0.2, -0.15) is 5.10 Å². The minimum atomic E-state index is -0.407. The van der Waals surface area contributed by atoms with Crippen LogP contribution in [0.2, 0.25) is 0 Å². The molecule has 2 N–H and O–H groups in total. The highest BCUT2D eigenvalue weighted by atomic mass is 32.2. The van der Waals surface area contributed by atoms with Crippen LogP contribution in [0.4, 0.5) is 0 Å². The van der Waals surface area contributed by atoms with Gasteiger partial charge in [-0.3, -0.25) is 9.59 Å². The van der Waals surface area contributed by atoms with Crippen LogP contribution < -0.4 is 25.0 Å². The molecule has 8 nitrogen and oxygen atoms in total. The predicted octanol–water partition coefficient (Wildman–Crippen LogP) is 2.72. The van der Waals surface area contributed by atoms with Crippen molar-refractivity contribution in [3.05, 3.63) is 58.5 Å². The molecule has 3 rings (SSSR count). The van der Waals surface area contributed by atoms with Crippen LogP contribution >= 0.6 is 24.0 Å².